The molecule has 1 atom stereocenters. The summed E-state index contributed by atoms with van der Waals surface area (Å²) in [5.41, 5.74) is 0.402. The van der Waals surface area contributed by atoms with Gasteiger partial charge in [-0.3, -0.25) is 4.79 Å². The second-order valence-electron chi connectivity index (χ2n) is 6.57. The molecule has 1 saturated heterocycles. The van der Waals surface area contributed by atoms with Crippen molar-refractivity contribution in [2.45, 2.75) is 58.4 Å². The fourth-order valence-electron chi connectivity index (χ4n) is 2.97. The minimum Gasteiger partial charge on any atom is -0.343 e. The van der Waals surface area contributed by atoms with E-state index < -0.39 is 0 Å². The highest BCUT2D eigenvalue weighted by Gasteiger charge is 2.45. The van der Waals surface area contributed by atoms with Crippen LogP contribution in [0.4, 0.5) is 0 Å². The van der Waals surface area contributed by atoms with Gasteiger partial charge in [0.2, 0.25) is 5.91 Å². The number of carbonyl (C=O) groups is 1. The fraction of sp³-hybridized carbons (Fsp3) is 0.933. The van der Waals surface area contributed by atoms with Crippen molar-refractivity contribution in [1.29, 1.82) is 0 Å². The zero-order valence-corrected chi connectivity index (χ0v) is 12.2. The second kappa shape index (κ2) is 5.60. The summed E-state index contributed by atoms with van der Waals surface area (Å²) in [5, 5.41) is 3.38. The molecule has 1 unspecified atom stereocenters. The van der Waals surface area contributed by atoms with Crippen molar-refractivity contribution in [3.8, 4) is 0 Å². The quantitative estimate of drug-likeness (QED) is 0.815. The third-order valence-corrected chi connectivity index (χ3v) is 5.25. The first kappa shape index (κ1) is 13.9. The topological polar surface area (TPSA) is 32.3 Å². The van der Waals surface area contributed by atoms with Gasteiger partial charge >= 0.3 is 0 Å². The van der Waals surface area contributed by atoms with Crippen LogP contribution in [-0.4, -0.2) is 37.0 Å². The molecule has 1 aliphatic heterocycles. The Labute approximate surface area is 111 Å². The van der Waals surface area contributed by atoms with E-state index in [1.54, 1.807) is 0 Å². The van der Waals surface area contributed by atoms with Crippen LogP contribution in [0.15, 0.2) is 0 Å². The lowest BCUT2D eigenvalue weighted by Gasteiger charge is -2.31. The molecule has 2 rings (SSSR count). The number of nitrogens with one attached hydrogen (secondary N) is 1. The van der Waals surface area contributed by atoms with Crippen LogP contribution >= 0.6 is 0 Å². The zero-order valence-electron chi connectivity index (χ0n) is 12.2. The summed E-state index contributed by atoms with van der Waals surface area (Å²) in [6.07, 6.45) is 6.85. The molecule has 2 fully saturated rings. The Hall–Kier alpha value is -0.570. The number of hydrogen-bond donors (Lipinski definition) is 1. The third-order valence-electron chi connectivity index (χ3n) is 5.25. The second-order valence-corrected chi connectivity index (χ2v) is 6.57. The normalized spacial score (nSPS) is 24.6. The number of nitrogens with zero attached hydrogens (tertiary/aromatic N) is 1. The van der Waals surface area contributed by atoms with Gasteiger partial charge in [-0.1, -0.05) is 6.92 Å². The highest BCUT2D eigenvalue weighted by atomic mass is 16.2. The summed E-state index contributed by atoms with van der Waals surface area (Å²) in [6, 6.07) is 0.401. The van der Waals surface area contributed by atoms with Gasteiger partial charge in [-0.2, -0.15) is 0 Å². The van der Waals surface area contributed by atoms with E-state index in [0.29, 0.717) is 17.4 Å². The summed E-state index contributed by atoms with van der Waals surface area (Å²) < 4.78 is 0. The van der Waals surface area contributed by atoms with Crippen molar-refractivity contribution in [2.75, 3.05) is 20.1 Å². The van der Waals surface area contributed by atoms with Crippen LogP contribution < -0.4 is 5.32 Å². The Balaban J connectivity index is 1.73. The van der Waals surface area contributed by atoms with E-state index >= 15 is 0 Å². The summed E-state index contributed by atoms with van der Waals surface area (Å²) in [4.78, 5) is 14.2. The van der Waals surface area contributed by atoms with E-state index in [9.17, 15) is 4.79 Å². The average Bonchev–Trinajstić information content (AvgIpc) is 3.14. The van der Waals surface area contributed by atoms with E-state index in [-0.39, 0.29) is 0 Å². The van der Waals surface area contributed by atoms with Crippen LogP contribution in [0.2, 0.25) is 0 Å². The molecule has 3 nitrogen and oxygen atoms in total. The van der Waals surface area contributed by atoms with Crippen LogP contribution in [0.3, 0.4) is 0 Å². The minimum atomic E-state index is 0.342. The first-order valence-electron chi connectivity index (χ1n) is 7.49. The Morgan fingerprint density at radius 3 is 2.56 bits per heavy atom. The molecule has 0 aromatic heterocycles. The molecule has 1 aliphatic carbocycles. The van der Waals surface area contributed by atoms with Gasteiger partial charge in [-0.15, -0.1) is 0 Å². The van der Waals surface area contributed by atoms with Crippen molar-refractivity contribution in [1.82, 2.24) is 10.2 Å². The molecular weight excluding hydrogens is 224 g/mol. The first-order valence-corrected chi connectivity index (χ1v) is 7.49. The smallest absolute Gasteiger partial charge is 0.222 e. The molecule has 18 heavy (non-hydrogen) atoms. The van der Waals surface area contributed by atoms with Gasteiger partial charge < -0.3 is 10.2 Å². The van der Waals surface area contributed by atoms with Gasteiger partial charge in [0.1, 0.15) is 0 Å². The molecule has 2 aliphatic rings. The lowest BCUT2D eigenvalue weighted by atomic mass is 9.92. The van der Waals surface area contributed by atoms with Crippen molar-refractivity contribution in [3.05, 3.63) is 0 Å². The molecule has 1 heterocycles. The number of rotatable bonds is 5. The number of hydrogen-bond acceptors (Lipinski definition) is 2. The molecule has 0 spiro atoms. The maximum Gasteiger partial charge on any atom is 0.222 e. The van der Waals surface area contributed by atoms with E-state index in [0.717, 1.165) is 31.8 Å². The number of carbonyl (C=O) groups excluding carboxylic acids is 1. The van der Waals surface area contributed by atoms with E-state index in [1.807, 2.05) is 11.9 Å². The Morgan fingerprint density at radius 1 is 1.39 bits per heavy atom. The van der Waals surface area contributed by atoms with E-state index in [4.69, 9.17) is 0 Å². The molecular formula is C15H28N2O. The number of amides is 1. The minimum absolute atomic E-state index is 0.342. The Kier molecular flexibility index (Phi) is 4.31. The van der Waals surface area contributed by atoms with Crippen LogP contribution in [0.1, 0.15) is 52.4 Å². The molecule has 0 aromatic rings. The molecule has 1 amide bonds. The molecule has 3 heteroatoms. The molecule has 0 aromatic carbocycles. The molecule has 1 N–H and O–H groups in total. The van der Waals surface area contributed by atoms with Crippen LogP contribution in [0, 0.1) is 11.3 Å². The Bertz CT molecular complexity index is 293. The van der Waals surface area contributed by atoms with Gasteiger partial charge in [0.15, 0.2) is 0 Å². The van der Waals surface area contributed by atoms with Gasteiger partial charge in [-0.25, -0.2) is 0 Å². The SMILES string of the molecule is CC(N(C)C(=O)CCC1CCNCC1)C1(C)CC1. The maximum atomic E-state index is 12.2. The summed E-state index contributed by atoms with van der Waals surface area (Å²) in [7, 11) is 1.99. The zero-order chi connectivity index (χ0) is 13.2. The van der Waals surface area contributed by atoms with E-state index in [2.05, 4.69) is 19.2 Å². The highest BCUT2D eigenvalue weighted by Crippen LogP contribution is 2.49. The number of piperidine rings is 1. The maximum absolute atomic E-state index is 12.2. The molecule has 104 valence electrons. The molecule has 0 radical (unpaired) electrons. The predicted octanol–water partition coefficient (Wildman–Crippen LogP) is 2.41. The lowest BCUT2D eigenvalue weighted by molar-refractivity contribution is -0.133. The summed E-state index contributed by atoms with van der Waals surface area (Å²) >= 11 is 0. The largest absolute Gasteiger partial charge is 0.343 e. The predicted molar refractivity (Wildman–Crippen MR) is 74.4 cm³/mol. The average molecular weight is 252 g/mol. The fourth-order valence-corrected chi connectivity index (χ4v) is 2.97. The molecule has 1 saturated carbocycles. The first-order chi connectivity index (χ1) is 8.53. The van der Waals surface area contributed by atoms with Gasteiger partial charge in [-0.05, 0) is 63.5 Å². The van der Waals surface area contributed by atoms with Crippen molar-refractivity contribution in [3.63, 3.8) is 0 Å². The van der Waals surface area contributed by atoms with Gasteiger partial charge in [0.05, 0.1) is 0 Å². The van der Waals surface area contributed by atoms with Gasteiger partial charge in [0.25, 0.3) is 0 Å². The monoisotopic (exact) mass is 252 g/mol. The Morgan fingerprint density at radius 2 is 2.00 bits per heavy atom. The summed E-state index contributed by atoms with van der Waals surface area (Å²) in [6.45, 7) is 6.76. The van der Waals surface area contributed by atoms with Gasteiger partial charge in [0, 0.05) is 19.5 Å². The lowest BCUT2D eigenvalue weighted by Crippen LogP contribution is -2.40. The standard InChI is InChI=1S/C15H28N2O/c1-12(15(2)8-9-15)17(3)14(18)5-4-13-6-10-16-11-7-13/h12-13,16H,4-11H2,1-3H3. The summed E-state index contributed by atoms with van der Waals surface area (Å²) in [5.74, 6) is 1.10. The van der Waals surface area contributed by atoms with Crippen molar-refractivity contribution < 1.29 is 4.79 Å². The molecule has 0 bridgehead atoms. The van der Waals surface area contributed by atoms with Crippen LogP contribution in [0.5, 0.6) is 0 Å². The van der Waals surface area contributed by atoms with Crippen molar-refractivity contribution >= 4 is 5.91 Å². The van der Waals surface area contributed by atoms with Crippen LogP contribution in [0.25, 0.3) is 0 Å². The van der Waals surface area contributed by atoms with Crippen molar-refractivity contribution in [2.24, 2.45) is 11.3 Å². The third kappa shape index (κ3) is 3.25. The highest BCUT2D eigenvalue weighted by molar-refractivity contribution is 5.76. The van der Waals surface area contributed by atoms with E-state index in [1.165, 1.54) is 25.7 Å². The van der Waals surface area contributed by atoms with Crippen LogP contribution in [-0.2, 0) is 4.79 Å².